The molecule has 0 saturated heterocycles. The van der Waals surface area contributed by atoms with Crippen LogP contribution in [0.25, 0.3) is 27.8 Å². The van der Waals surface area contributed by atoms with Crippen LogP contribution < -0.4 is 11.1 Å². The van der Waals surface area contributed by atoms with Crippen LogP contribution in [-0.2, 0) is 6.54 Å². The lowest BCUT2D eigenvalue weighted by Crippen LogP contribution is -2.15. The highest BCUT2D eigenvalue weighted by Crippen LogP contribution is 2.34. The molecule has 2 heterocycles. The second-order valence-corrected chi connectivity index (χ2v) is 6.66. The van der Waals surface area contributed by atoms with Crippen LogP contribution in [-0.4, -0.2) is 32.8 Å². The summed E-state index contributed by atoms with van der Waals surface area (Å²) < 4.78 is 2.06. The van der Waals surface area contributed by atoms with Gasteiger partial charge in [0.2, 0.25) is 0 Å². The molecule has 0 saturated carbocycles. The molecule has 0 atom stereocenters. The molecule has 0 radical (unpaired) electrons. The standard InChI is InChI=1S/C22H23N5O/c23-21-20-19(17-7-2-1-3-8-17)14-27(22(20)26-15-25-21)18-9-4-6-16(12-18)13-24-10-5-11-28/h1-4,6-9,12,14-15,24,28H,5,10-11,13H2,(H2,23,25,26). The number of hydrogen-bond acceptors (Lipinski definition) is 5. The Morgan fingerprint density at radius 1 is 1.04 bits per heavy atom. The van der Waals surface area contributed by atoms with Gasteiger partial charge in [0.1, 0.15) is 12.1 Å². The van der Waals surface area contributed by atoms with Gasteiger partial charge >= 0.3 is 0 Å². The lowest BCUT2D eigenvalue weighted by atomic mass is 10.1. The molecule has 4 N–H and O–H groups in total. The van der Waals surface area contributed by atoms with Gasteiger partial charge in [0.25, 0.3) is 0 Å². The van der Waals surface area contributed by atoms with Crippen LogP contribution in [0, 0.1) is 0 Å². The summed E-state index contributed by atoms with van der Waals surface area (Å²) in [4.78, 5) is 8.71. The van der Waals surface area contributed by atoms with E-state index in [9.17, 15) is 0 Å². The van der Waals surface area contributed by atoms with Crippen molar-refractivity contribution < 1.29 is 5.11 Å². The van der Waals surface area contributed by atoms with E-state index in [1.54, 1.807) is 0 Å². The molecule has 0 aliphatic heterocycles. The van der Waals surface area contributed by atoms with E-state index in [4.69, 9.17) is 10.8 Å². The third-order valence-electron chi connectivity index (χ3n) is 4.73. The summed E-state index contributed by atoms with van der Waals surface area (Å²) in [7, 11) is 0. The van der Waals surface area contributed by atoms with Crippen LogP contribution in [0.3, 0.4) is 0 Å². The number of nitrogens with zero attached hydrogens (tertiary/aromatic N) is 3. The molecule has 4 rings (SSSR count). The minimum atomic E-state index is 0.200. The highest BCUT2D eigenvalue weighted by Gasteiger charge is 2.16. The van der Waals surface area contributed by atoms with Gasteiger partial charge in [-0.25, -0.2) is 9.97 Å². The molecule has 28 heavy (non-hydrogen) atoms. The molecule has 2 aromatic heterocycles. The molecule has 0 amide bonds. The van der Waals surface area contributed by atoms with Crippen molar-refractivity contribution in [1.29, 1.82) is 0 Å². The number of nitrogens with two attached hydrogens (primary N) is 1. The largest absolute Gasteiger partial charge is 0.396 e. The summed E-state index contributed by atoms with van der Waals surface area (Å²) in [6.07, 6.45) is 4.32. The number of anilines is 1. The minimum absolute atomic E-state index is 0.200. The van der Waals surface area contributed by atoms with Crippen molar-refractivity contribution in [2.24, 2.45) is 0 Å². The number of fused-ring (bicyclic) bond motifs is 1. The molecular formula is C22H23N5O. The number of benzene rings is 2. The molecule has 0 unspecified atom stereocenters. The van der Waals surface area contributed by atoms with Crippen molar-refractivity contribution in [2.45, 2.75) is 13.0 Å². The third kappa shape index (κ3) is 3.60. The van der Waals surface area contributed by atoms with E-state index in [0.717, 1.165) is 47.4 Å². The number of hydrogen-bond donors (Lipinski definition) is 3. The van der Waals surface area contributed by atoms with Gasteiger partial charge in [-0.15, -0.1) is 0 Å². The predicted octanol–water partition coefficient (Wildman–Crippen LogP) is 3.14. The van der Waals surface area contributed by atoms with E-state index in [1.807, 2.05) is 24.3 Å². The van der Waals surface area contributed by atoms with E-state index in [2.05, 4.69) is 56.4 Å². The van der Waals surface area contributed by atoms with Crippen LogP contribution in [0.4, 0.5) is 5.82 Å². The fourth-order valence-electron chi connectivity index (χ4n) is 3.37. The molecule has 2 aromatic carbocycles. The first kappa shape index (κ1) is 18.2. The van der Waals surface area contributed by atoms with Crippen molar-refractivity contribution in [3.05, 3.63) is 72.7 Å². The van der Waals surface area contributed by atoms with Crippen molar-refractivity contribution >= 4 is 16.9 Å². The Morgan fingerprint density at radius 3 is 2.71 bits per heavy atom. The quantitative estimate of drug-likeness (QED) is 0.433. The maximum absolute atomic E-state index is 8.91. The average molecular weight is 373 g/mol. The second kappa shape index (κ2) is 8.21. The fourth-order valence-corrected chi connectivity index (χ4v) is 3.37. The average Bonchev–Trinajstić information content (AvgIpc) is 3.13. The van der Waals surface area contributed by atoms with E-state index >= 15 is 0 Å². The molecule has 142 valence electrons. The Labute approximate surface area is 163 Å². The van der Waals surface area contributed by atoms with Gasteiger partial charge in [0.05, 0.1) is 5.39 Å². The first-order chi connectivity index (χ1) is 13.8. The number of nitrogens with one attached hydrogen (secondary N) is 1. The summed E-state index contributed by atoms with van der Waals surface area (Å²) in [6.45, 7) is 1.73. The lowest BCUT2D eigenvalue weighted by molar-refractivity contribution is 0.286. The molecule has 6 nitrogen and oxygen atoms in total. The van der Waals surface area contributed by atoms with Crippen LogP contribution in [0.2, 0.25) is 0 Å². The van der Waals surface area contributed by atoms with Crippen LogP contribution in [0.15, 0.2) is 67.1 Å². The molecular weight excluding hydrogens is 350 g/mol. The maximum atomic E-state index is 8.91. The number of rotatable bonds is 7. The monoisotopic (exact) mass is 373 g/mol. The summed E-state index contributed by atoms with van der Waals surface area (Å²) in [5.41, 5.74) is 11.3. The fraction of sp³-hybridized carbons (Fsp3) is 0.182. The van der Waals surface area contributed by atoms with Gasteiger partial charge in [-0.2, -0.15) is 0 Å². The zero-order valence-electron chi connectivity index (χ0n) is 15.5. The van der Waals surface area contributed by atoms with Gasteiger partial charge in [0.15, 0.2) is 5.65 Å². The van der Waals surface area contributed by atoms with Crippen molar-refractivity contribution in [3.63, 3.8) is 0 Å². The molecule has 0 aliphatic carbocycles. The summed E-state index contributed by atoms with van der Waals surface area (Å²) in [6, 6.07) is 18.5. The van der Waals surface area contributed by atoms with E-state index in [1.165, 1.54) is 11.9 Å². The molecule has 6 heteroatoms. The second-order valence-electron chi connectivity index (χ2n) is 6.66. The smallest absolute Gasteiger partial charge is 0.150 e. The van der Waals surface area contributed by atoms with Crippen molar-refractivity contribution in [2.75, 3.05) is 18.9 Å². The Kier molecular flexibility index (Phi) is 5.32. The third-order valence-corrected chi connectivity index (χ3v) is 4.73. The van der Waals surface area contributed by atoms with Gasteiger partial charge in [-0.1, -0.05) is 42.5 Å². The first-order valence-electron chi connectivity index (χ1n) is 9.36. The Balaban J connectivity index is 1.77. The van der Waals surface area contributed by atoms with E-state index in [-0.39, 0.29) is 6.61 Å². The molecule has 0 aliphatic rings. The number of aliphatic hydroxyl groups is 1. The highest BCUT2D eigenvalue weighted by atomic mass is 16.3. The van der Waals surface area contributed by atoms with Crippen LogP contribution in [0.5, 0.6) is 0 Å². The lowest BCUT2D eigenvalue weighted by Gasteiger charge is -2.08. The summed E-state index contributed by atoms with van der Waals surface area (Å²) >= 11 is 0. The van der Waals surface area contributed by atoms with E-state index < -0.39 is 0 Å². The van der Waals surface area contributed by atoms with E-state index in [0.29, 0.717) is 5.82 Å². The predicted molar refractivity (Wildman–Crippen MR) is 112 cm³/mol. The Morgan fingerprint density at radius 2 is 1.89 bits per heavy atom. The SMILES string of the molecule is Nc1ncnc2c1c(-c1ccccc1)cn2-c1cccc(CNCCCO)c1. The van der Waals surface area contributed by atoms with Crippen molar-refractivity contribution in [3.8, 4) is 16.8 Å². The van der Waals surface area contributed by atoms with Crippen molar-refractivity contribution in [1.82, 2.24) is 19.9 Å². The Hall–Kier alpha value is -3.22. The zero-order valence-corrected chi connectivity index (χ0v) is 15.5. The Bertz CT molecular complexity index is 1070. The van der Waals surface area contributed by atoms with Gasteiger partial charge in [0, 0.05) is 30.6 Å². The maximum Gasteiger partial charge on any atom is 0.150 e. The van der Waals surface area contributed by atoms with Gasteiger partial charge in [-0.05, 0) is 36.2 Å². The molecule has 4 aromatic rings. The topological polar surface area (TPSA) is 89.0 Å². The summed E-state index contributed by atoms with van der Waals surface area (Å²) in [5, 5.41) is 13.1. The molecule has 0 fully saturated rings. The first-order valence-corrected chi connectivity index (χ1v) is 9.36. The minimum Gasteiger partial charge on any atom is -0.396 e. The van der Waals surface area contributed by atoms with Crippen LogP contribution >= 0.6 is 0 Å². The number of nitrogen functional groups attached to an aromatic ring is 1. The van der Waals surface area contributed by atoms with Crippen LogP contribution in [0.1, 0.15) is 12.0 Å². The van der Waals surface area contributed by atoms with Gasteiger partial charge < -0.3 is 20.7 Å². The van der Waals surface area contributed by atoms with Gasteiger partial charge in [-0.3, -0.25) is 0 Å². The highest BCUT2D eigenvalue weighted by molar-refractivity contribution is 6.01. The number of aromatic nitrogens is 3. The molecule has 0 spiro atoms. The number of aliphatic hydroxyl groups excluding tert-OH is 1. The molecule has 0 bridgehead atoms. The normalized spacial score (nSPS) is 11.2. The summed E-state index contributed by atoms with van der Waals surface area (Å²) in [5.74, 6) is 0.476. The zero-order chi connectivity index (χ0) is 19.3.